The molecule has 0 unspecified atom stereocenters. The van der Waals surface area contributed by atoms with E-state index in [0.29, 0.717) is 5.56 Å². The summed E-state index contributed by atoms with van der Waals surface area (Å²) in [7, 11) is 1.51. The normalized spacial score (nSPS) is 16.3. The molecule has 1 aromatic heterocycles. The molecule has 0 aliphatic heterocycles. The summed E-state index contributed by atoms with van der Waals surface area (Å²) in [5.74, 6) is -0.241. The Bertz CT molecular complexity index is 921. The van der Waals surface area contributed by atoms with Gasteiger partial charge in [0.05, 0.1) is 11.1 Å². The molecular formula is C18H14BrFINOS. The first-order valence-electron chi connectivity index (χ1n) is 7.64. The van der Waals surface area contributed by atoms with Gasteiger partial charge in [0.2, 0.25) is 0 Å². The van der Waals surface area contributed by atoms with Crippen LogP contribution in [-0.4, -0.2) is 9.08 Å². The largest absolute Gasteiger partial charge is 0.385 e. The summed E-state index contributed by atoms with van der Waals surface area (Å²) in [6.07, 6.45) is 4.62. The Hall–Kier alpha value is -0.570. The van der Waals surface area contributed by atoms with E-state index in [1.54, 1.807) is 6.07 Å². The van der Waals surface area contributed by atoms with Crippen LogP contribution in [0.4, 0.5) is 4.39 Å². The first-order chi connectivity index (χ1) is 11.5. The lowest BCUT2D eigenvalue weighted by atomic mass is 9.75. The number of hydrogen-bond donors (Lipinski definition) is 1. The van der Waals surface area contributed by atoms with Crippen molar-refractivity contribution in [2.45, 2.75) is 24.9 Å². The minimum atomic E-state index is -0.682. The van der Waals surface area contributed by atoms with Crippen molar-refractivity contribution < 1.29 is 9.50 Å². The predicted octanol–water partition coefficient (Wildman–Crippen LogP) is 6.43. The van der Waals surface area contributed by atoms with Gasteiger partial charge in [-0.25, -0.2) is 4.39 Å². The van der Waals surface area contributed by atoms with E-state index in [0.717, 1.165) is 45.8 Å². The molecule has 6 heteroatoms. The van der Waals surface area contributed by atoms with E-state index in [1.807, 2.05) is 40.5 Å². The van der Waals surface area contributed by atoms with E-state index in [4.69, 9.17) is 0 Å². The highest BCUT2D eigenvalue weighted by atomic mass is 127. The van der Waals surface area contributed by atoms with Gasteiger partial charge in [0, 0.05) is 51.9 Å². The minimum absolute atomic E-state index is 0.241. The van der Waals surface area contributed by atoms with Gasteiger partial charge in [-0.1, -0.05) is 24.3 Å². The van der Waals surface area contributed by atoms with E-state index < -0.39 is 5.60 Å². The lowest BCUT2D eigenvalue weighted by molar-refractivity contribution is -0.0387. The van der Waals surface area contributed by atoms with Gasteiger partial charge < -0.3 is 5.11 Å². The van der Waals surface area contributed by atoms with Gasteiger partial charge in [-0.3, -0.25) is 3.97 Å². The highest BCUT2D eigenvalue weighted by molar-refractivity contribution is 14.2. The van der Waals surface area contributed by atoms with Gasteiger partial charge in [0.1, 0.15) is 5.82 Å². The molecule has 1 heterocycles. The highest BCUT2D eigenvalue weighted by Crippen LogP contribution is 2.42. The Morgan fingerprint density at radius 2 is 1.92 bits per heavy atom. The van der Waals surface area contributed by atoms with E-state index >= 15 is 0 Å². The lowest BCUT2D eigenvalue weighted by Crippen LogP contribution is -2.33. The molecule has 4 rings (SSSR count). The zero-order valence-corrected chi connectivity index (χ0v) is 17.2. The van der Waals surface area contributed by atoms with E-state index in [-0.39, 0.29) is 5.82 Å². The quantitative estimate of drug-likeness (QED) is 0.405. The molecule has 0 saturated heterocycles. The summed E-state index contributed by atoms with van der Waals surface area (Å²) in [4.78, 5) is 0. The zero-order valence-electron chi connectivity index (χ0n) is 12.6. The van der Waals surface area contributed by atoms with Crippen molar-refractivity contribution >= 4 is 57.2 Å². The number of benzene rings is 2. The van der Waals surface area contributed by atoms with Gasteiger partial charge in [0.15, 0.2) is 0 Å². The maximum atomic E-state index is 14.7. The van der Waals surface area contributed by atoms with Crippen LogP contribution in [0.3, 0.4) is 0 Å². The first-order valence-corrected chi connectivity index (χ1v) is 11.8. The number of fused-ring (bicyclic) bond motifs is 1. The molecule has 0 bridgehead atoms. The van der Waals surface area contributed by atoms with Gasteiger partial charge in [-0.05, 0) is 58.5 Å². The predicted molar refractivity (Wildman–Crippen MR) is 110 cm³/mol. The van der Waals surface area contributed by atoms with Gasteiger partial charge in [0.25, 0.3) is 0 Å². The van der Waals surface area contributed by atoms with Crippen LogP contribution >= 0.6 is 46.3 Å². The second kappa shape index (κ2) is 6.30. The van der Waals surface area contributed by atoms with Crippen molar-refractivity contribution in [3.63, 3.8) is 0 Å². The number of nitrogens with zero attached hydrogens (tertiary/aromatic N) is 1. The molecule has 24 heavy (non-hydrogen) atoms. The monoisotopic (exact) mass is 517 g/mol. The smallest absolute Gasteiger partial charge is 0.133 e. The number of aliphatic hydroxyl groups is 1. The second-order valence-electron chi connectivity index (χ2n) is 6.18. The molecule has 0 amide bonds. The number of halogens is 3. The molecule has 1 fully saturated rings. The Morgan fingerprint density at radius 3 is 2.50 bits per heavy atom. The summed E-state index contributed by atoms with van der Waals surface area (Å²) in [5, 5.41) is 11.4. The van der Waals surface area contributed by atoms with Crippen molar-refractivity contribution in [1.29, 1.82) is 0 Å². The summed E-state index contributed by atoms with van der Waals surface area (Å²) in [5.41, 5.74) is 2.49. The number of aromatic nitrogens is 1. The summed E-state index contributed by atoms with van der Waals surface area (Å²) >= 11 is 5.73. The van der Waals surface area contributed by atoms with Crippen LogP contribution in [0.5, 0.6) is 0 Å². The van der Waals surface area contributed by atoms with Crippen molar-refractivity contribution in [3.8, 4) is 11.1 Å². The Morgan fingerprint density at radius 1 is 1.21 bits per heavy atom. The SMILES string of the molecule is OC1(c2ccc(-c3cc4c(Br)cn(SI)c4cc3F)cc2)CCC1. The van der Waals surface area contributed by atoms with E-state index in [9.17, 15) is 9.50 Å². The molecule has 2 aromatic carbocycles. The summed E-state index contributed by atoms with van der Waals surface area (Å²) in [6.45, 7) is 0. The average molecular weight is 518 g/mol. The van der Waals surface area contributed by atoms with Crippen LogP contribution < -0.4 is 0 Å². The molecule has 1 N–H and O–H groups in total. The van der Waals surface area contributed by atoms with Crippen LogP contribution in [0.1, 0.15) is 24.8 Å². The molecular weight excluding hydrogens is 504 g/mol. The van der Waals surface area contributed by atoms with Crippen LogP contribution in [-0.2, 0) is 5.60 Å². The van der Waals surface area contributed by atoms with Crippen LogP contribution in [0.2, 0.25) is 0 Å². The minimum Gasteiger partial charge on any atom is -0.385 e. The third-order valence-electron chi connectivity index (χ3n) is 4.80. The average Bonchev–Trinajstić information content (AvgIpc) is 2.87. The van der Waals surface area contributed by atoms with Gasteiger partial charge >= 0.3 is 0 Å². The summed E-state index contributed by atoms with van der Waals surface area (Å²) < 4.78 is 17.5. The molecule has 0 spiro atoms. The molecule has 0 radical (unpaired) electrons. The van der Waals surface area contributed by atoms with Crippen molar-refractivity contribution in [3.05, 3.63) is 58.4 Å². The third kappa shape index (κ3) is 2.71. The Labute approximate surface area is 164 Å². The zero-order chi connectivity index (χ0) is 16.9. The maximum Gasteiger partial charge on any atom is 0.133 e. The van der Waals surface area contributed by atoms with E-state index in [1.165, 1.54) is 9.12 Å². The Kier molecular flexibility index (Phi) is 4.43. The molecule has 1 aliphatic rings. The topological polar surface area (TPSA) is 25.2 Å². The van der Waals surface area contributed by atoms with E-state index in [2.05, 4.69) is 37.1 Å². The lowest BCUT2D eigenvalue weighted by Gasteiger charge is -2.37. The van der Waals surface area contributed by atoms with Crippen LogP contribution in [0.15, 0.2) is 47.1 Å². The molecule has 3 aromatic rings. The second-order valence-corrected chi connectivity index (χ2v) is 8.75. The molecule has 0 atom stereocenters. The molecule has 1 aliphatic carbocycles. The molecule has 1 saturated carbocycles. The summed E-state index contributed by atoms with van der Waals surface area (Å²) in [6, 6.07) is 11.1. The fraction of sp³-hybridized carbons (Fsp3) is 0.222. The number of hydrogen-bond acceptors (Lipinski definition) is 2. The Balaban J connectivity index is 1.78. The van der Waals surface area contributed by atoms with Crippen molar-refractivity contribution in [2.24, 2.45) is 0 Å². The third-order valence-corrected chi connectivity index (χ3v) is 7.15. The fourth-order valence-corrected chi connectivity index (χ4v) is 5.22. The van der Waals surface area contributed by atoms with Crippen molar-refractivity contribution in [1.82, 2.24) is 3.97 Å². The molecule has 2 nitrogen and oxygen atoms in total. The van der Waals surface area contributed by atoms with Crippen molar-refractivity contribution in [2.75, 3.05) is 0 Å². The maximum absolute atomic E-state index is 14.7. The first kappa shape index (κ1) is 16.9. The standard InChI is InChI=1S/C18H14BrFINOS/c19-15-10-22(24-21)17-9-16(20)13(8-14(15)17)11-2-4-12(5-3-11)18(23)6-1-7-18/h2-5,8-10,23H,1,6-7H2. The highest BCUT2D eigenvalue weighted by Gasteiger charge is 2.35. The van der Waals surface area contributed by atoms with Gasteiger partial charge in [-0.2, -0.15) is 0 Å². The number of rotatable bonds is 3. The molecule has 124 valence electrons. The van der Waals surface area contributed by atoms with Crippen LogP contribution in [0.25, 0.3) is 22.0 Å². The van der Waals surface area contributed by atoms with Gasteiger partial charge in [-0.15, -0.1) is 0 Å². The van der Waals surface area contributed by atoms with Crippen LogP contribution in [0, 0.1) is 5.82 Å². The fourth-order valence-electron chi connectivity index (χ4n) is 3.22.